The van der Waals surface area contributed by atoms with Crippen LogP contribution >= 0.6 is 0 Å². The van der Waals surface area contributed by atoms with E-state index in [1.807, 2.05) is 0 Å². The van der Waals surface area contributed by atoms with Gasteiger partial charge in [-0.3, -0.25) is 0 Å². The molecule has 0 saturated heterocycles. The molecule has 4 rings (SSSR count). The van der Waals surface area contributed by atoms with Crippen LogP contribution in [-0.4, -0.2) is 6.10 Å². The van der Waals surface area contributed by atoms with Gasteiger partial charge in [-0.15, -0.1) is 0 Å². The maximum Gasteiger partial charge on any atom is 0.147 e. The summed E-state index contributed by atoms with van der Waals surface area (Å²) >= 11 is 0. The number of allylic oxidation sites excluding steroid dienone is 6. The lowest BCUT2D eigenvalue weighted by Crippen LogP contribution is -2.35. The molecule has 1 aromatic rings. The Kier molecular flexibility index (Phi) is 4.62. The monoisotopic (exact) mass is 400 g/mol. The Morgan fingerprint density at radius 2 is 1.27 bits per heavy atom. The molecule has 3 aliphatic rings. The van der Waals surface area contributed by atoms with Gasteiger partial charge in [-0.1, -0.05) is 57.0 Å². The summed E-state index contributed by atoms with van der Waals surface area (Å²) in [6.45, 7) is 23.1. The van der Waals surface area contributed by atoms with Gasteiger partial charge in [0.1, 0.15) is 11.9 Å². The van der Waals surface area contributed by atoms with Crippen LogP contribution in [0.1, 0.15) is 74.8 Å². The summed E-state index contributed by atoms with van der Waals surface area (Å²) in [4.78, 5) is 0. The maximum absolute atomic E-state index is 6.85. The Morgan fingerprint density at radius 3 is 1.80 bits per heavy atom. The molecule has 0 bridgehead atoms. The van der Waals surface area contributed by atoms with E-state index in [-0.39, 0.29) is 16.9 Å². The van der Waals surface area contributed by atoms with Crippen LogP contribution in [0.5, 0.6) is 5.75 Å². The molecule has 1 unspecified atom stereocenters. The van der Waals surface area contributed by atoms with Crippen molar-refractivity contribution in [2.45, 2.75) is 75.3 Å². The molecular formula is C29H36O. The minimum absolute atomic E-state index is 0.00260. The highest BCUT2D eigenvalue weighted by Gasteiger charge is 2.46. The molecule has 1 aliphatic heterocycles. The number of hydrogen-bond donors (Lipinski definition) is 0. The standard InChI is InChI=1S/C29H36O/c1-16-18(3)25(28(7,8)20(16)5)23-15-22-13-11-12-14-24(22)30-27(23)26-19(4)17(2)21(6)29(26,9)10/h11-15,27H,1-10H3. The quantitative estimate of drug-likeness (QED) is 0.486. The Bertz CT molecular complexity index is 1110. The predicted molar refractivity (Wildman–Crippen MR) is 129 cm³/mol. The molecule has 1 aromatic carbocycles. The van der Waals surface area contributed by atoms with Crippen molar-refractivity contribution in [3.8, 4) is 5.75 Å². The third kappa shape index (κ3) is 2.67. The third-order valence-electron chi connectivity index (χ3n) is 8.51. The Labute approximate surface area is 182 Å². The zero-order valence-corrected chi connectivity index (χ0v) is 20.4. The van der Waals surface area contributed by atoms with Gasteiger partial charge in [0.15, 0.2) is 0 Å². The number of rotatable bonds is 2. The predicted octanol–water partition coefficient (Wildman–Crippen LogP) is 8.22. The van der Waals surface area contributed by atoms with E-state index in [0.29, 0.717) is 0 Å². The van der Waals surface area contributed by atoms with Gasteiger partial charge in [0, 0.05) is 22.0 Å². The second-order valence-electron chi connectivity index (χ2n) is 10.4. The van der Waals surface area contributed by atoms with E-state index >= 15 is 0 Å². The van der Waals surface area contributed by atoms with Gasteiger partial charge < -0.3 is 4.74 Å². The number of benzene rings is 1. The summed E-state index contributed by atoms with van der Waals surface area (Å²) in [7, 11) is 0. The van der Waals surface area contributed by atoms with Crippen LogP contribution in [0.25, 0.3) is 6.08 Å². The van der Waals surface area contributed by atoms with Gasteiger partial charge in [-0.2, -0.15) is 0 Å². The third-order valence-corrected chi connectivity index (χ3v) is 8.51. The molecule has 30 heavy (non-hydrogen) atoms. The van der Waals surface area contributed by atoms with Crippen molar-refractivity contribution in [1.82, 2.24) is 0 Å². The summed E-state index contributed by atoms with van der Waals surface area (Å²) in [5, 5.41) is 0. The molecule has 2 aliphatic carbocycles. The zero-order chi connectivity index (χ0) is 22.2. The van der Waals surface area contributed by atoms with Crippen molar-refractivity contribution >= 4 is 6.08 Å². The van der Waals surface area contributed by atoms with Gasteiger partial charge in [-0.05, 0) is 87.1 Å². The lowest BCUT2D eigenvalue weighted by atomic mass is 9.70. The molecule has 0 aromatic heterocycles. The van der Waals surface area contributed by atoms with Crippen molar-refractivity contribution in [2.24, 2.45) is 10.8 Å². The maximum atomic E-state index is 6.85. The first-order valence-corrected chi connectivity index (χ1v) is 11.2. The smallest absolute Gasteiger partial charge is 0.147 e. The number of para-hydroxylation sites is 1. The van der Waals surface area contributed by atoms with E-state index in [4.69, 9.17) is 4.74 Å². The highest BCUT2D eigenvalue weighted by Crippen LogP contribution is 2.56. The molecule has 1 heterocycles. The molecule has 0 saturated carbocycles. The summed E-state index contributed by atoms with van der Waals surface area (Å²) in [6.07, 6.45) is 2.33. The van der Waals surface area contributed by atoms with Gasteiger partial charge >= 0.3 is 0 Å². The van der Waals surface area contributed by atoms with Crippen LogP contribution in [0.2, 0.25) is 0 Å². The van der Waals surface area contributed by atoms with Crippen LogP contribution in [-0.2, 0) is 0 Å². The lowest BCUT2D eigenvalue weighted by Gasteiger charge is -2.39. The van der Waals surface area contributed by atoms with E-state index in [1.165, 1.54) is 55.7 Å². The zero-order valence-electron chi connectivity index (χ0n) is 20.4. The average Bonchev–Trinajstić information content (AvgIpc) is 2.94. The molecule has 0 radical (unpaired) electrons. The van der Waals surface area contributed by atoms with Gasteiger partial charge in [0.25, 0.3) is 0 Å². The fraction of sp³-hybridized carbons (Fsp3) is 0.448. The highest BCUT2D eigenvalue weighted by atomic mass is 16.5. The van der Waals surface area contributed by atoms with Crippen molar-refractivity contribution in [2.75, 3.05) is 0 Å². The first kappa shape index (κ1) is 21.0. The first-order valence-electron chi connectivity index (χ1n) is 11.2. The van der Waals surface area contributed by atoms with Crippen LogP contribution in [0.4, 0.5) is 0 Å². The van der Waals surface area contributed by atoms with Crippen LogP contribution in [0.3, 0.4) is 0 Å². The Balaban J connectivity index is 1.97. The van der Waals surface area contributed by atoms with Gasteiger partial charge in [-0.25, -0.2) is 0 Å². The van der Waals surface area contributed by atoms with Crippen molar-refractivity contribution in [3.63, 3.8) is 0 Å². The summed E-state index contributed by atoms with van der Waals surface area (Å²) in [5.74, 6) is 0.986. The van der Waals surface area contributed by atoms with Crippen LogP contribution < -0.4 is 4.74 Å². The summed E-state index contributed by atoms with van der Waals surface area (Å²) < 4.78 is 6.85. The van der Waals surface area contributed by atoms with E-state index < -0.39 is 0 Å². The fourth-order valence-electron chi connectivity index (χ4n) is 5.88. The average molecular weight is 401 g/mol. The van der Waals surface area contributed by atoms with Gasteiger partial charge in [0.2, 0.25) is 0 Å². The summed E-state index contributed by atoms with van der Waals surface area (Å²) in [6, 6.07) is 8.46. The second kappa shape index (κ2) is 6.61. The van der Waals surface area contributed by atoms with Gasteiger partial charge in [0.05, 0.1) is 0 Å². The van der Waals surface area contributed by atoms with E-state index in [2.05, 4.69) is 99.6 Å². The minimum atomic E-state index is -0.0646. The summed E-state index contributed by atoms with van der Waals surface area (Å²) in [5.41, 5.74) is 13.9. The first-order chi connectivity index (χ1) is 13.9. The fourth-order valence-corrected chi connectivity index (χ4v) is 5.88. The SMILES string of the molecule is CC1=C(C)C(C)(C)C(C2=Cc3ccccc3OC2C2=C(C)C(C)=C(C)C2(C)C)=C1C. The highest BCUT2D eigenvalue weighted by molar-refractivity contribution is 5.74. The normalized spacial score (nSPS) is 25.1. The molecule has 158 valence electrons. The molecule has 1 atom stereocenters. The molecule has 1 nitrogen and oxygen atoms in total. The minimum Gasteiger partial charge on any atom is -0.481 e. The topological polar surface area (TPSA) is 9.23 Å². The van der Waals surface area contributed by atoms with E-state index in [9.17, 15) is 0 Å². The van der Waals surface area contributed by atoms with Crippen LogP contribution in [0.15, 0.2) is 74.4 Å². The second-order valence-corrected chi connectivity index (χ2v) is 10.4. The number of hydrogen-bond acceptors (Lipinski definition) is 1. The van der Waals surface area contributed by atoms with E-state index in [1.54, 1.807) is 0 Å². The van der Waals surface area contributed by atoms with Crippen molar-refractivity contribution in [3.05, 3.63) is 80.0 Å². The Hall–Kier alpha value is -2.28. The van der Waals surface area contributed by atoms with E-state index in [0.717, 1.165) is 5.75 Å². The van der Waals surface area contributed by atoms with Crippen LogP contribution in [0, 0.1) is 10.8 Å². The molecule has 0 fully saturated rings. The number of ether oxygens (including phenoxy) is 1. The number of fused-ring (bicyclic) bond motifs is 1. The lowest BCUT2D eigenvalue weighted by molar-refractivity contribution is 0.241. The molecule has 0 N–H and O–H groups in total. The largest absolute Gasteiger partial charge is 0.481 e. The van der Waals surface area contributed by atoms with Crippen molar-refractivity contribution < 1.29 is 4.74 Å². The van der Waals surface area contributed by atoms with Crippen molar-refractivity contribution in [1.29, 1.82) is 0 Å². The molecule has 0 amide bonds. The molecule has 1 heteroatoms. The molecular weight excluding hydrogens is 364 g/mol. The Morgan fingerprint density at radius 1 is 0.700 bits per heavy atom. The molecule has 0 spiro atoms.